The molecule has 0 spiro atoms. The van der Waals surface area contributed by atoms with Gasteiger partial charge in [0.05, 0.1) is 5.56 Å². The molecular weight excluding hydrogens is 495 g/mol. The van der Waals surface area contributed by atoms with Crippen LogP contribution in [0.4, 0.5) is 19.0 Å². The summed E-state index contributed by atoms with van der Waals surface area (Å²) in [5, 5.41) is 13.3. The second kappa shape index (κ2) is 9.11. The number of anilines is 1. The molecule has 0 amide bonds. The molecule has 0 radical (unpaired) electrons. The van der Waals surface area contributed by atoms with Crippen molar-refractivity contribution in [3.8, 4) is 11.4 Å². The number of hydrogen-bond donors (Lipinski definition) is 2. The van der Waals surface area contributed by atoms with Crippen molar-refractivity contribution < 1.29 is 23.1 Å². The predicted molar refractivity (Wildman–Crippen MR) is 136 cm³/mol. The van der Waals surface area contributed by atoms with E-state index in [2.05, 4.69) is 15.3 Å². The molecule has 0 saturated heterocycles. The summed E-state index contributed by atoms with van der Waals surface area (Å²) < 4.78 is 41.3. The first-order chi connectivity index (χ1) is 18.2. The first kappa shape index (κ1) is 24.4. The van der Waals surface area contributed by atoms with Crippen molar-refractivity contribution in [2.75, 3.05) is 5.32 Å². The predicted octanol–water partition coefficient (Wildman–Crippen LogP) is 6.17. The fourth-order valence-electron chi connectivity index (χ4n) is 5.06. The van der Waals surface area contributed by atoms with Crippen LogP contribution in [-0.2, 0) is 12.7 Å². The van der Waals surface area contributed by atoms with Crippen LogP contribution in [0.15, 0.2) is 48.5 Å². The van der Waals surface area contributed by atoms with Gasteiger partial charge < -0.3 is 15.0 Å². The molecule has 0 atom stereocenters. The highest BCUT2D eigenvalue weighted by atomic mass is 19.4. The number of carbonyl (C=O) groups is 1. The summed E-state index contributed by atoms with van der Waals surface area (Å²) in [7, 11) is 0. The number of aromatic carboxylic acids is 1. The number of imidazole rings is 1. The van der Waals surface area contributed by atoms with E-state index in [0.29, 0.717) is 34.6 Å². The lowest BCUT2D eigenvalue weighted by Crippen LogP contribution is -2.26. The quantitative estimate of drug-likeness (QED) is 0.288. The van der Waals surface area contributed by atoms with Crippen LogP contribution in [0.1, 0.15) is 53.0 Å². The lowest BCUT2D eigenvalue weighted by Gasteiger charge is -2.20. The first-order valence-corrected chi connectivity index (χ1v) is 12.7. The number of rotatable bonds is 8. The highest BCUT2D eigenvalue weighted by molar-refractivity contribution is 5.92. The van der Waals surface area contributed by atoms with Crippen molar-refractivity contribution in [2.45, 2.75) is 51.4 Å². The summed E-state index contributed by atoms with van der Waals surface area (Å²) in [6, 6.07) is 12.9. The van der Waals surface area contributed by atoms with E-state index < -0.39 is 17.7 Å². The summed E-state index contributed by atoms with van der Waals surface area (Å²) in [5.41, 5.74) is 2.49. The lowest BCUT2D eigenvalue weighted by atomic mass is 10.1. The molecule has 2 aromatic heterocycles. The van der Waals surface area contributed by atoms with Crippen LogP contribution in [0.5, 0.6) is 0 Å². The molecule has 7 nitrogen and oxygen atoms in total. The van der Waals surface area contributed by atoms with Gasteiger partial charge in [0.15, 0.2) is 11.5 Å². The Hall–Kier alpha value is -3.95. The van der Waals surface area contributed by atoms with Gasteiger partial charge in [0.25, 0.3) is 0 Å². The Bertz CT molecular complexity index is 1510. The fraction of sp³-hybridized carbons (Fsp3) is 0.357. The SMILES string of the molecule is Cc1cccc(-c2nc3nc(C(=O)O)nc(NC(C4CC4)C4CC4)c3n2Cc2ccc(C(F)(F)F)cc2)c1. The zero-order chi connectivity index (χ0) is 26.6. The van der Waals surface area contributed by atoms with Gasteiger partial charge in [0.2, 0.25) is 5.82 Å². The largest absolute Gasteiger partial charge is 0.475 e. The van der Waals surface area contributed by atoms with Gasteiger partial charge in [-0.25, -0.2) is 19.7 Å². The number of aromatic nitrogens is 4. The van der Waals surface area contributed by atoms with Gasteiger partial charge in [-0.05, 0) is 68.2 Å². The molecule has 0 aliphatic heterocycles. The second-order valence-electron chi connectivity index (χ2n) is 10.3. The Morgan fingerprint density at radius 3 is 2.32 bits per heavy atom. The number of aryl methyl sites for hydroxylation is 1. The topological polar surface area (TPSA) is 92.9 Å². The van der Waals surface area contributed by atoms with Gasteiger partial charge in [-0.3, -0.25) is 0 Å². The maximum absolute atomic E-state index is 13.2. The molecule has 38 heavy (non-hydrogen) atoms. The van der Waals surface area contributed by atoms with E-state index in [1.54, 1.807) is 0 Å². The van der Waals surface area contributed by atoms with Gasteiger partial charge in [-0.15, -0.1) is 0 Å². The monoisotopic (exact) mass is 521 g/mol. The van der Waals surface area contributed by atoms with Crippen LogP contribution in [0, 0.1) is 18.8 Å². The van der Waals surface area contributed by atoms with Crippen molar-refractivity contribution in [2.24, 2.45) is 11.8 Å². The van der Waals surface area contributed by atoms with E-state index in [0.717, 1.165) is 48.9 Å². The van der Waals surface area contributed by atoms with E-state index in [1.165, 1.54) is 12.1 Å². The Balaban J connectivity index is 1.52. The van der Waals surface area contributed by atoms with E-state index in [-0.39, 0.29) is 24.1 Å². The Kier molecular flexibility index (Phi) is 5.85. The fourth-order valence-corrected chi connectivity index (χ4v) is 5.06. The van der Waals surface area contributed by atoms with Crippen molar-refractivity contribution in [3.63, 3.8) is 0 Å². The Morgan fingerprint density at radius 2 is 1.74 bits per heavy atom. The Labute approximate surface area is 216 Å². The number of alkyl halides is 3. The van der Waals surface area contributed by atoms with Gasteiger partial charge in [-0.1, -0.05) is 35.9 Å². The van der Waals surface area contributed by atoms with E-state index in [4.69, 9.17) is 4.98 Å². The third kappa shape index (κ3) is 4.82. The van der Waals surface area contributed by atoms with Crippen LogP contribution >= 0.6 is 0 Å². The molecule has 10 heteroatoms. The van der Waals surface area contributed by atoms with Crippen LogP contribution in [0.25, 0.3) is 22.6 Å². The molecule has 196 valence electrons. The maximum Gasteiger partial charge on any atom is 0.416 e. The number of hydrogen-bond acceptors (Lipinski definition) is 5. The summed E-state index contributed by atoms with van der Waals surface area (Å²) in [6.07, 6.45) is 0.0495. The zero-order valence-corrected chi connectivity index (χ0v) is 20.7. The van der Waals surface area contributed by atoms with Gasteiger partial charge >= 0.3 is 12.1 Å². The number of fused-ring (bicyclic) bond motifs is 1. The average molecular weight is 522 g/mol. The third-order valence-corrected chi connectivity index (χ3v) is 7.26. The average Bonchev–Trinajstić information content (AvgIpc) is 3.80. The molecule has 2 aliphatic rings. The van der Waals surface area contributed by atoms with Gasteiger partial charge in [0.1, 0.15) is 11.3 Å². The molecule has 2 aromatic carbocycles. The maximum atomic E-state index is 13.2. The first-order valence-electron chi connectivity index (χ1n) is 12.7. The standard InChI is InChI=1S/C28H26F3N5O2/c1-15-3-2-4-19(13-15)26-35-24-22(36(26)14-16-5-11-20(12-6-16)28(29,30)31)23(33-25(34-24)27(37)38)32-21(17-7-8-17)18-9-10-18/h2-6,11-13,17-18,21H,7-10,14H2,1H3,(H,37,38)(H,32,33,34). The van der Waals surface area contributed by atoms with Crippen molar-refractivity contribution in [1.29, 1.82) is 0 Å². The molecule has 0 bridgehead atoms. The molecule has 2 aliphatic carbocycles. The highest BCUT2D eigenvalue weighted by Gasteiger charge is 2.42. The molecule has 2 heterocycles. The van der Waals surface area contributed by atoms with Crippen LogP contribution in [0.2, 0.25) is 0 Å². The van der Waals surface area contributed by atoms with Gasteiger partial charge in [-0.2, -0.15) is 13.2 Å². The number of carboxylic acid groups (broad SMARTS) is 1. The smallest absolute Gasteiger partial charge is 0.416 e. The Morgan fingerprint density at radius 1 is 1.05 bits per heavy atom. The third-order valence-electron chi connectivity index (χ3n) is 7.26. The summed E-state index contributed by atoms with van der Waals surface area (Å²) >= 11 is 0. The van der Waals surface area contributed by atoms with Crippen LogP contribution in [0.3, 0.4) is 0 Å². The van der Waals surface area contributed by atoms with Crippen molar-refractivity contribution in [3.05, 3.63) is 71.0 Å². The normalized spacial score (nSPS) is 15.8. The van der Waals surface area contributed by atoms with E-state index >= 15 is 0 Å². The lowest BCUT2D eigenvalue weighted by molar-refractivity contribution is -0.137. The minimum absolute atomic E-state index is 0.187. The number of halogens is 3. The van der Waals surface area contributed by atoms with Crippen LogP contribution < -0.4 is 5.32 Å². The molecule has 2 saturated carbocycles. The summed E-state index contributed by atoms with van der Waals surface area (Å²) in [4.78, 5) is 25.3. The van der Waals surface area contributed by atoms with Crippen molar-refractivity contribution >= 4 is 23.0 Å². The molecule has 2 fully saturated rings. The summed E-state index contributed by atoms with van der Waals surface area (Å²) in [5.74, 6) is 0.373. The second-order valence-corrected chi connectivity index (χ2v) is 10.3. The van der Waals surface area contributed by atoms with Crippen molar-refractivity contribution in [1.82, 2.24) is 19.5 Å². The molecule has 6 rings (SSSR count). The number of nitrogens with zero attached hydrogens (tertiary/aromatic N) is 4. The molecule has 4 aromatic rings. The summed E-state index contributed by atoms with van der Waals surface area (Å²) in [6.45, 7) is 2.16. The highest BCUT2D eigenvalue weighted by Crippen LogP contribution is 2.46. The minimum Gasteiger partial charge on any atom is -0.475 e. The minimum atomic E-state index is -4.42. The van der Waals surface area contributed by atoms with Gasteiger partial charge in [0, 0.05) is 18.2 Å². The van der Waals surface area contributed by atoms with Crippen LogP contribution in [-0.4, -0.2) is 36.6 Å². The van der Waals surface area contributed by atoms with E-state index in [9.17, 15) is 23.1 Å². The molecular formula is C28H26F3N5O2. The molecule has 2 N–H and O–H groups in total. The number of benzene rings is 2. The molecule has 0 unspecified atom stereocenters. The van der Waals surface area contributed by atoms with E-state index in [1.807, 2.05) is 35.8 Å². The zero-order valence-electron chi connectivity index (χ0n) is 20.7. The number of nitrogens with one attached hydrogen (secondary N) is 1. The number of carboxylic acids is 1.